The van der Waals surface area contributed by atoms with Gasteiger partial charge in [-0.1, -0.05) is 57.1 Å². The zero-order valence-electron chi connectivity index (χ0n) is 25.8. The van der Waals surface area contributed by atoms with Gasteiger partial charge in [0, 0.05) is 29.9 Å². The molecule has 45 heavy (non-hydrogen) atoms. The van der Waals surface area contributed by atoms with Gasteiger partial charge in [0.05, 0.1) is 6.54 Å². The van der Waals surface area contributed by atoms with Crippen LogP contribution in [0.3, 0.4) is 0 Å². The lowest BCUT2D eigenvalue weighted by Gasteiger charge is -2.11. The van der Waals surface area contributed by atoms with E-state index in [9.17, 15) is 22.8 Å². The van der Waals surface area contributed by atoms with Gasteiger partial charge in [-0.2, -0.15) is 18.2 Å². The molecule has 0 saturated carbocycles. The summed E-state index contributed by atoms with van der Waals surface area (Å²) in [4.78, 5) is 36.9. The lowest BCUT2D eigenvalue weighted by atomic mass is 10.1. The number of hydrogen-bond acceptors (Lipinski definition) is 7. The minimum Gasteiger partial charge on any atom is -0.454 e. The number of carbonyl (C=O) groups excluding carboxylic acids is 2. The highest BCUT2D eigenvalue weighted by atomic mass is 19.4. The van der Waals surface area contributed by atoms with E-state index in [0.29, 0.717) is 29.9 Å². The fraction of sp³-hybridized carbons (Fsp3) is 0.469. The number of carbonyl (C=O) groups is 2. The number of rotatable bonds is 1. The summed E-state index contributed by atoms with van der Waals surface area (Å²) in [6, 6.07) is 12.8. The first-order chi connectivity index (χ1) is 21.7. The molecule has 3 aliphatic heterocycles. The summed E-state index contributed by atoms with van der Waals surface area (Å²) < 4.78 is 42.7. The molecule has 10 nitrogen and oxygen atoms in total. The molecule has 5 rings (SSSR count). The van der Waals surface area contributed by atoms with Gasteiger partial charge in [0.25, 0.3) is 11.8 Å². The van der Waals surface area contributed by atoms with Crippen LogP contribution in [-0.2, 0) is 11.3 Å². The normalized spacial score (nSPS) is 16.6. The second kappa shape index (κ2) is 20.7. The second-order valence-corrected chi connectivity index (χ2v) is 10.2. The summed E-state index contributed by atoms with van der Waals surface area (Å²) in [6.45, 7) is 2.94. The van der Waals surface area contributed by atoms with Crippen molar-refractivity contribution in [1.29, 1.82) is 0 Å². The number of guanidine groups is 1. The minimum absolute atomic E-state index is 0.0824. The standard InChI is InChI=1S/C31H39F3N6O3.CH5N/c1-35-30(43-22-31(32,33)34)40-29-38-21-23-11-13-24(14-12-23)27(41)36-19-9-7-5-3-2-4-6-8-10-20-37-28(42)25-15-17-26(39-29)18-16-25;1-2/h11-18H,1-10,19-22H2,(H,36,41)(H,37,42)(H,38,39);2H2,1H3/b40-30+;. The average molecular weight is 632 g/mol. The van der Waals surface area contributed by atoms with Crippen LogP contribution in [0.4, 0.5) is 18.9 Å². The number of nitrogens with one attached hydrogen (secondary N) is 3. The van der Waals surface area contributed by atoms with Crippen LogP contribution in [0.25, 0.3) is 0 Å². The van der Waals surface area contributed by atoms with Crippen molar-refractivity contribution in [3.05, 3.63) is 65.2 Å². The average Bonchev–Trinajstić information content (AvgIpc) is 3.04. The van der Waals surface area contributed by atoms with Crippen molar-refractivity contribution in [2.45, 2.75) is 70.5 Å². The summed E-state index contributed by atoms with van der Waals surface area (Å²) in [6.07, 6.45) is 5.15. The molecule has 0 fully saturated rings. The number of ether oxygens (including phenoxy) is 1. The van der Waals surface area contributed by atoms with E-state index >= 15 is 0 Å². The van der Waals surface area contributed by atoms with Gasteiger partial charge in [0.2, 0.25) is 5.96 Å². The van der Waals surface area contributed by atoms with E-state index in [1.807, 2.05) is 0 Å². The van der Waals surface area contributed by atoms with E-state index in [2.05, 4.69) is 48.1 Å². The number of aliphatic imine (C=N–C) groups is 3. The third-order valence-electron chi connectivity index (χ3n) is 6.66. The van der Waals surface area contributed by atoms with Crippen molar-refractivity contribution in [2.24, 2.45) is 20.7 Å². The summed E-state index contributed by atoms with van der Waals surface area (Å²) in [5.74, 6) is -0.425. The van der Waals surface area contributed by atoms with Crippen LogP contribution in [0.2, 0.25) is 0 Å². The van der Waals surface area contributed by atoms with E-state index < -0.39 is 18.8 Å². The number of halogens is 3. The fourth-order valence-corrected chi connectivity index (χ4v) is 4.31. The molecule has 3 heterocycles. The topological polar surface area (TPSA) is 143 Å². The molecule has 0 aromatic heterocycles. The Kier molecular flexibility index (Phi) is 16.9. The summed E-state index contributed by atoms with van der Waals surface area (Å²) in [5, 5.41) is 8.81. The van der Waals surface area contributed by atoms with Crippen LogP contribution < -0.4 is 21.7 Å². The van der Waals surface area contributed by atoms with E-state index in [0.717, 1.165) is 44.1 Å². The SMILES string of the molecule is C=N/C(=N\C1=NCc2ccc(cc2)C(=O)NCCCCCCCCCCCNC(=O)c2ccc(cc2)N1)OCC(F)(F)F.CN. The van der Waals surface area contributed by atoms with E-state index in [4.69, 9.17) is 0 Å². The van der Waals surface area contributed by atoms with E-state index in [-0.39, 0.29) is 24.3 Å². The molecule has 0 spiro atoms. The van der Waals surface area contributed by atoms with Crippen LogP contribution in [0.15, 0.2) is 63.5 Å². The Morgan fingerprint density at radius 3 is 1.76 bits per heavy atom. The van der Waals surface area contributed by atoms with Crippen LogP contribution in [0.1, 0.15) is 84.1 Å². The molecule has 246 valence electrons. The zero-order chi connectivity index (χ0) is 32.9. The molecule has 0 atom stereocenters. The molecule has 0 radical (unpaired) electrons. The number of anilines is 1. The molecule has 2 amide bonds. The van der Waals surface area contributed by atoms with Crippen molar-refractivity contribution < 1.29 is 27.5 Å². The Bertz CT molecular complexity index is 1250. The monoisotopic (exact) mass is 631 g/mol. The predicted octanol–water partition coefficient (Wildman–Crippen LogP) is 5.85. The molecule has 4 bridgehead atoms. The Hall–Kier alpha value is -4.26. The third kappa shape index (κ3) is 15.3. The minimum atomic E-state index is -4.59. The van der Waals surface area contributed by atoms with Gasteiger partial charge in [-0.15, -0.1) is 0 Å². The largest absolute Gasteiger partial charge is 0.454 e. The lowest BCUT2D eigenvalue weighted by Crippen LogP contribution is -2.24. The summed E-state index contributed by atoms with van der Waals surface area (Å²) in [5.41, 5.74) is 6.71. The first-order valence-corrected chi connectivity index (χ1v) is 15.1. The number of nitrogens with zero attached hydrogens (tertiary/aromatic N) is 3. The summed E-state index contributed by atoms with van der Waals surface area (Å²) >= 11 is 0. The lowest BCUT2D eigenvalue weighted by molar-refractivity contribution is -0.156. The molecule has 2 aromatic rings. The maximum atomic E-state index is 12.7. The van der Waals surface area contributed by atoms with Crippen molar-refractivity contribution in [3.63, 3.8) is 0 Å². The summed E-state index contributed by atoms with van der Waals surface area (Å²) in [7, 11) is 1.50. The highest BCUT2D eigenvalue weighted by Gasteiger charge is 2.29. The van der Waals surface area contributed by atoms with Crippen LogP contribution in [0, 0.1) is 0 Å². The number of amides is 2. The van der Waals surface area contributed by atoms with Gasteiger partial charge in [-0.3, -0.25) is 9.59 Å². The van der Waals surface area contributed by atoms with Gasteiger partial charge in [-0.25, -0.2) is 9.98 Å². The number of fused-ring (bicyclic) bond motifs is 2. The molecular weight excluding hydrogens is 587 g/mol. The Balaban J connectivity index is 0.00000345. The third-order valence-corrected chi connectivity index (χ3v) is 6.66. The van der Waals surface area contributed by atoms with Crippen LogP contribution in [-0.4, -0.2) is 63.4 Å². The predicted molar refractivity (Wildman–Crippen MR) is 173 cm³/mol. The number of amidine groups is 1. The zero-order valence-corrected chi connectivity index (χ0v) is 25.8. The number of nitrogens with two attached hydrogens (primary N) is 1. The molecular formula is C32H44F3N7O3. The molecule has 0 saturated heterocycles. The highest BCUT2D eigenvalue weighted by molar-refractivity contribution is 6.02. The molecule has 13 heteroatoms. The van der Waals surface area contributed by atoms with Crippen molar-refractivity contribution >= 4 is 36.2 Å². The van der Waals surface area contributed by atoms with Crippen LogP contribution >= 0.6 is 0 Å². The van der Waals surface area contributed by atoms with Gasteiger partial charge in [-0.05, 0) is 68.6 Å². The molecule has 0 unspecified atom stereocenters. The smallest absolute Gasteiger partial charge is 0.422 e. The van der Waals surface area contributed by atoms with Gasteiger partial charge in [0.15, 0.2) is 6.61 Å². The molecule has 5 N–H and O–H groups in total. The second-order valence-electron chi connectivity index (χ2n) is 10.2. The maximum absolute atomic E-state index is 12.7. The number of hydrogen-bond donors (Lipinski definition) is 4. The molecule has 3 aliphatic rings. The van der Waals surface area contributed by atoms with Crippen molar-refractivity contribution in [3.8, 4) is 0 Å². The van der Waals surface area contributed by atoms with E-state index in [1.54, 1.807) is 48.5 Å². The Morgan fingerprint density at radius 2 is 1.29 bits per heavy atom. The van der Waals surface area contributed by atoms with Crippen molar-refractivity contribution in [2.75, 3.05) is 32.1 Å². The van der Waals surface area contributed by atoms with Gasteiger partial charge >= 0.3 is 12.2 Å². The first kappa shape index (κ1) is 36.9. The fourth-order valence-electron chi connectivity index (χ4n) is 4.31. The van der Waals surface area contributed by atoms with Crippen molar-refractivity contribution in [1.82, 2.24) is 10.6 Å². The van der Waals surface area contributed by atoms with Gasteiger partial charge in [0.1, 0.15) is 0 Å². The number of alkyl halides is 3. The number of benzene rings is 2. The maximum Gasteiger partial charge on any atom is 0.422 e. The Labute approximate surface area is 262 Å². The van der Waals surface area contributed by atoms with E-state index in [1.165, 1.54) is 26.3 Å². The Morgan fingerprint density at radius 1 is 0.822 bits per heavy atom. The quantitative estimate of drug-likeness (QED) is 0.231. The highest BCUT2D eigenvalue weighted by Crippen LogP contribution is 2.16. The van der Waals surface area contributed by atoms with Gasteiger partial charge < -0.3 is 26.4 Å². The van der Waals surface area contributed by atoms with Crippen LogP contribution in [0.5, 0.6) is 0 Å². The molecule has 2 aromatic carbocycles. The molecule has 0 aliphatic carbocycles. The first-order valence-electron chi connectivity index (χ1n) is 15.1.